The fraction of sp³-hybridized carbons (Fsp3) is 0.429. The van der Waals surface area contributed by atoms with Gasteiger partial charge < -0.3 is 10.5 Å². The van der Waals surface area contributed by atoms with E-state index in [1.165, 1.54) is 0 Å². The first-order chi connectivity index (χ1) is 8.79. The minimum Gasteiger partial charge on any atom is -0.433 e. The lowest BCUT2D eigenvalue weighted by atomic mass is 9.89. The Balaban J connectivity index is 2.75. The molecule has 0 radical (unpaired) electrons. The van der Waals surface area contributed by atoms with Gasteiger partial charge in [-0.2, -0.15) is 0 Å². The maximum Gasteiger partial charge on any atom is 0.405 e. The molecule has 5 heteroatoms. The Labute approximate surface area is 118 Å². The Morgan fingerprint density at radius 2 is 2.26 bits per heavy atom. The molecule has 1 amide bonds. The molecule has 1 aromatic heterocycles. The first kappa shape index (κ1) is 15.3. The molecule has 0 aliphatic heterocycles. The number of pyridine rings is 1. The van der Waals surface area contributed by atoms with Gasteiger partial charge in [0.2, 0.25) is 0 Å². The summed E-state index contributed by atoms with van der Waals surface area (Å²) in [5.41, 5.74) is 5.50. The molecular weight excluding hydrogens is 264 g/mol. The van der Waals surface area contributed by atoms with Crippen LogP contribution in [0.5, 0.6) is 0 Å². The Bertz CT molecular complexity index is 512. The summed E-state index contributed by atoms with van der Waals surface area (Å²) < 4.78 is 5.00. The van der Waals surface area contributed by atoms with Gasteiger partial charge in [-0.1, -0.05) is 44.2 Å². The monoisotopic (exact) mass is 280 g/mol. The smallest absolute Gasteiger partial charge is 0.405 e. The number of rotatable bonds is 2. The minimum atomic E-state index is -0.824. The van der Waals surface area contributed by atoms with Crippen LogP contribution in [0, 0.1) is 17.3 Å². The molecule has 0 aliphatic carbocycles. The van der Waals surface area contributed by atoms with E-state index in [0.29, 0.717) is 11.4 Å². The average molecular weight is 281 g/mol. The van der Waals surface area contributed by atoms with Crippen molar-refractivity contribution in [3.05, 3.63) is 29.0 Å². The topological polar surface area (TPSA) is 65.2 Å². The quantitative estimate of drug-likeness (QED) is 0.847. The van der Waals surface area contributed by atoms with Crippen molar-refractivity contribution < 1.29 is 9.53 Å². The van der Waals surface area contributed by atoms with Crippen LogP contribution < -0.4 is 5.73 Å². The molecule has 19 heavy (non-hydrogen) atoms. The highest BCUT2D eigenvalue weighted by molar-refractivity contribution is 6.30. The SMILES string of the molecule is CC(C)(C)C(C#CCc1cc(Cl)ccn1)OC(N)=O. The summed E-state index contributed by atoms with van der Waals surface area (Å²) in [7, 11) is 0. The van der Waals surface area contributed by atoms with E-state index in [1.54, 1.807) is 18.3 Å². The van der Waals surface area contributed by atoms with Gasteiger partial charge in [0.25, 0.3) is 0 Å². The zero-order valence-electron chi connectivity index (χ0n) is 11.2. The third-order valence-electron chi connectivity index (χ3n) is 2.30. The Hall–Kier alpha value is -1.73. The molecule has 0 bridgehead atoms. The van der Waals surface area contributed by atoms with Crippen molar-refractivity contribution in [2.45, 2.75) is 33.3 Å². The lowest BCUT2D eigenvalue weighted by Gasteiger charge is -2.24. The van der Waals surface area contributed by atoms with E-state index in [4.69, 9.17) is 22.1 Å². The molecule has 0 aliphatic rings. The van der Waals surface area contributed by atoms with E-state index in [2.05, 4.69) is 16.8 Å². The number of ether oxygens (including phenoxy) is 1. The van der Waals surface area contributed by atoms with Gasteiger partial charge in [-0.15, -0.1) is 0 Å². The van der Waals surface area contributed by atoms with Gasteiger partial charge in [0, 0.05) is 16.6 Å². The highest BCUT2D eigenvalue weighted by Crippen LogP contribution is 2.21. The fourth-order valence-corrected chi connectivity index (χ4v) is 1.50. The van der Waals surface area contributed by atoms with Crippen LogP contribution in [0.25, 0.3) is 0 Å². The summed E-state index contributed by atoms with van der Waals surface area (Å²) in [5, 5.41) is 0.618. The Morgan fingerprint density at radius 3 is 2.79 bits per heavy atom. The van der Waals surface area contributed by atoms with Crippen LogP contribution in [0.4, 0.5) is 4.79 Å². The molecule has 1 heterocycles. The number of carbonyl (C=O) groups is 1. The zero-order chi connectivity index (χ0) is 14.5. The number of carbonyl (C=O) groups excluding carboxylic acids is 1. The van der Waals surface area contributed by atoms with Gasteiger partial charge in [0.05, 0.1) is 12.1 Å². The van der Waals surface area contributed by atoms with Gasteiger partial charge in [0.1, 0.15) is 0 Å². The average Bonchev–Trinajstić information content (AvgIpc) is 2.26. The van der Waals surface area contributed by atoms with Crippen LogP contribution in [0.2, 0.25) is 5.02 Å². The molecule has 1 rings (SSSR count). The second kappa shape index (κ2) is 6.44. The second-order valence-electron chi connectivity index (χ2n) is 5.15. The lowest BCUT2D eigenvalue weighted by Crippen LogP contribution is -2.32. The number of hydrogen-bond acceptors (Lipinski definition) is 3. The predicted octanol–water partition coefficient (Wildman–Crippen LogP) is 2.79. The summed E-state index contributed by atoms with van der Waals surface area (Å²) in [6.45, 7) is 5.77. The zero-order valence-corrected chi connectivity index (χ0v) is 12.0. The molecule has 4 nitrogen and oxygen atoms in total. The largest absolute Gasteiger partial charge is 0.433 e. The maximum atomic E-state index is 10.8. The number of nitrogens with two attached hydrogens (primary N) is 1. The van der Waals surface area contributed by atoms with Gasteiger partial charge in [-0.3, -0.25) is 4.98 Å². The van der Waals surface area contributed by atoms with Crippen LogP contribution in [0.15, 0.2) is 18.3 Å². The van der Waals surface area contributed by atoms with E-state index in [-0.39, 0.29) is 5.41 Å². The highest BCUT2D eigenvalue weighted by atomic mass is 35.5. The Morgan fingerprint density at radius 1 is 1.58 bits per heavy atom. The summed E-state index contributed by atoms with van der Waals surface area (Å²) in [6, 6.07) is 3.45. The predicted molar refractivity (Wildman–Crippen MR) is 74.6 cm³/mol. The standard InChI is InChI=1S/C14H17ClN2O2/c1-14(2,3)12(19-13(16)18)6-4-5-11-9-10(15)7-8-17-11/h7-9,12H,5H2,1-3H3,(H2,16,18). The number of primary amides is 1. The van der Waals surface area contributed by atoms with Crippen LogP contribution in [-0.4, -0.2) is 17.2 Å². The molecule has 0 aromatic carbocycles. The van der Waals surface area contributed by atoms with E-state index >= 15 is 0 Å². The van der Waals surface area contributed by atoms with Crippen molar-refractivity contribution in [2.24, 2.45) is 11.1 Å². The normalized spacial score (nSPS) is 12.2. The molecule has 0 saturated heterocycles. The minimum absolute atomic E-state index is 0.302. The van der Waals surface area contributed by atoms with Crippen molar-refractivity contribution in [3.8, 4) is 11.8 Å². The molecule has 1 atom stereocenters. The maximum absolute atomic E-state index is 10.8. The Kier molecular flexibility index (Phi) is 5.20. The summed E-state index contributed by atoms with van der Waals surface area (Å²) in [4.78, 5) is 15.0. The van der Waals surface area contributed by atoms with Crippen molar-refractivity contribution in [1.29, 1.82) is 0 Å². The van der Waals surface area contributed by atoms with Crippen molar-refractivity contribution >= 4 is 17.7 Å². The molecule has 1 unspecified atom stereocenters. The summed E-state index contributed by atoms with van der Waals surface area (Å²) >= 11 is 5.85. The van der Waals surface area contributed by atoms with Crippen LogP contribution in [0.3, 0.4) is 0 Å². The summed E-state index contributed by atoms with van der Waals surface area (Å²) in [6.07, 6.45) is 0.690. The van der Waals surface area contributed by atoms with Gasteiger partial charge in [-0.25, -0.2) is 4.79 Å². The van der Waals surface area contributed by atoms with Crippen LogP contribution in [0.1, 0.15) is 26.5 Å². The molecule has 0 fully saturated rings. The van der Waals surface area contributed by atoms with E-state index in [0.717, 1.165) is 5.69 Å². The van der Waals surface area contributed by atoms with Crippen molar-refractivity contribution in [3.63, 3.8) is 0 Å². The number of hydrogen-bond donors (Lipinski definition) is 1. The number of aromatic nitrogens is 1. The third kappa shape index (κ3) is 5.62. The van der Waals surface area contributed by atoms with E-state index in [1.807, 2.05) is 20.8 Å². The van der Waals surface area contributed by atoms with Crippen LogP contribution in [-0.2, 0) is 11.2 Å². The lowest BCUT2D eigenvalue weighted by molar-refractivity contribution is 0.0740. The van der Waals surface area contributed by atoms with Gasteiger partial charge in [-0.05, 0) is 12.1 Å². The van der Waals surface area contributed by atoms with Gasteiger partial charge >= 0.3 is 6.09 Å². The first-order valence-electron chi connectivity index (χ1n) is 5.84. The molecule has 0 saturated carbocycles. The summed E-state index contributed by atoms with van der Waals surface area (Å²) in [5.74, 6) is 5.84. The van der Waals surface area contributed by atoms with E-state index < -0.39 is 12.2 Å². The third-order valence-corrected chi connectivity index (χ3v) is 2.54. The second-order valence-corrected chi connectivity index (χ2v) is 5.58. The number of amides is 1. The van der Waals surface area contributed by atoms with Crippen LogP contribution >= 0.6 is 11.6 Å². The molecule has 1 aromatic rings. The molecule has 102 valence electrons. The van der Waals surface area contributed by atoms with Crippen molar-refractivity contribution in [1.82, 2.24) is 4.98 Å². The molecule has 0 spiro atoms. The van der Waals surface area contributed by atoms with E-state index in [9.17, 15) is 4.79 Å². The first-order valence-corrected chi connectivity index (χ1v) is 6.22. The number of halogens is 1. The van der Waals surface area contributed by atoms with Crippen molar-refractivity contribution in [2.75, 3.05) is 0 Å². The highest BCUT2D eigenvalue weighted by Gasteiger charge is 2.25. The fourth-order valence-electron chi connectivity index (χ4n) is 1.32. The van der Waals surface area contributed by atoms with Gasteiger partial charge in [0.15, 0.2) is 6.10 Å². The molecule has 2 N–H and O–H groups in total. The molecular formula is C14H17ClN2O2. The number of nitrogens with zero attached hydrogens (tertiary/aromatic N) is 1.